The molecule has 5 aromatic rings. The van der Waals surface area contributed by atoms with Crippen molar-refractivity contribution < 1.29 is 28.8 Å². The van der Waals surface area contributed by atoms with E-state index in [-0.39, 0.29) is 67.1 Å². The Labute approximate surface area is 219 Å². The van der Waals surface area contributed by atoms with Crippen LogP contribution in [0.3, 0.4) is 0 Å². The van der Waals surface area contributed by atoms with Gasteiger partial charge >= 0.3 is 0 Å². The van der Waals surface area contributed by atoms with Crippen molar-refractivity contribution in [3.05, 3.63) is 66.7 Å². The third-order valence-corrected chi connectivity index (χ3v) is 7.47. The zero-order valence-corrected chi connectivity index (χ0v) is 21.6. The van der Waals surface area contributed by atoms with E-state index in [9.17, 15) is 19.8 Å². The molecule has 0 saturated carbocycles. The maximum absolute atomic E-state index is 13.7. The molecule has 9 nitrogen and oxygen atoms in total. The van der Waals surface area contributed by atoms with Gasteiger partial charge in [-0.3, -0.25) is 9.59 Å². The zero-order valence-electron chi connectivity index (χ0n) is 20.8. The molecule has 6 rings (SSSR count). The first-order chi connectivity index (χ1) is 18.2. The minimum atomic E-state index is -0.561. The van der Waals surface area contributed by atoms with E-state index < -0.39 is 22.8 Å². The highest BCUT2D eigenvalue weighted by Gasteiger charge is 2.36. The number of aryl methyl sites for hydroxylation is 1. The van der Waals surface area contributed by atoms with E-state index in [1.54, 1.807) is 19.1 Å². The summed E-state index contributed by atoms with van der Waals surface area (Å²) in [5.41, 5.74) is 1.06. The average molecular weight is 536 g/mol. The maximum atomic E-state index is 13.7. The number of hydrogen-bond donors (Lipinski definition) is 3. The van der Waals surface area contributed by atoms with E-state index in [4.69, 9.17) is 30.2 Å². The van der Waals surface area contributed by atoms with E-state index in [2.05, 4.69) is 4.98 Å². The predicted octanol–water partition coefficient (Wildman–Crippen LogP) is 5.09. The molecule has 0 amide bonds. The molecule has 194 valence electrons. The second-order valence-electron chi connectivity index (χ2n) is 9.19. The number of H-pyrrole nitrogens is 1. The molecule has 2 heterocycles. The third-order valence-electron chi connectivity index (χ3n) is 7.17. The molecule has 1 aliphatic carbocycles. The van der Waals surface area contributed by atoms with Crippen molar-refractivity contribution in [2.24, 2.45) is 0 Å². The van der Waals surface area contributed by atoms with Gasteiger partial charge < -0.3 is 33.8 Å². The monoisotopic (exact) mass is 535 g/mol. The lowest BCUT2D eigenvalue weighted by Crippen LogP contribution is -2.17. The number of ether oxygens (including phenoxy) is 3. The molecule has 0 saturated heterocycles. The van der Waals surface area contributed by atoms with E-state index in [0.717, 1.165) is 0 Å². The summed E-state index contributed by atoms with van der Waals surface area (Å²) in [6, 6.07) is 6.50. The summed E-state index contributed by atoms with van der Waals surface area (Å²) in [6.07, 6.45) is -0.332. The number of aromatic hydroxyl groups is 2. The number of nitrogens with one attached hydrogen (secondary N) is 1. The minimum absolute atomic E-state index is 0.00568. The van der Waals surface area contributed by atoms with Gasteiger partial charge in [-0.15, -0.1) is 0 Å². The Morgan fingerprint density at radius 3 is 2.37 bits per heavy atom. The number of phenols is 2. The van der Waals surface area contributed by atoms with Crippen LogP contribution < -0.4 is 20.5 Å². The Kier molecular flexibility index (Phi) is 5.34. The lowest BCUT2D eigenvalue weighted by molar-refractivity contribution is 0.102. The number of phenolic OH excluding ortho intramolecular Hbond substituents is 2. The molecule has 0 bridgehead atoms. The van der Waals surface area contributed by atoms with Gasteiger partial charge in [0.15, 0.2) is 22.7 Å². The normalized spacial score (nSPS) is 14.6. The van der Waals surface area contributed by atoms with Crippen LogP contribution in [0.25, 0.3) is 43.8 Å². The molecule has 0 fully saturated rings. The molecule has 10 heteroatoms. The van der Waals surface area contributed by atoms with E-state index in [1.807, 2.05) is 0 Å². The zero-order chi connectivity index (χ0) is 27.0. The molecule has 1 unspecified atom stereocenters. The Morgan fingerprint density at radius 1 is 0.974 bits per heavy atom. The van der Waals surface area contributed by atoms with Crippen LogP contribution in [0.4, 0.5) is 0 Å². The predicted molar refractivity (Wildman–Crippen MR) is 143 cm³/mol. The largest absolute Gasteiger partial charge is 0.506 e. The summed E-state index contributed by atoms with van der Waals surface area (Å²) in [5.74, 6) is -0.397. The molecule has 1 atom stereocenters. The van der Waals surface area contributed by atoms with Crippen molar-refractivity contribution in [2.45, 2.75) is 19.4 Å². The number of methoxy groups -OCH3 is 3. The van der Waals surface area contributed by atoms with Crippen LogP contribution >= 0.6 is 11.6 Å². The van der Waals surface area contributed by atoms with E-state index in [1.165, 1.54) is 33.5 Å². The van der Waals surface area contributed by atoms with Gasteiger partial charge in [0.05, 0.1) is 36.1 Å². The van der Waals surface area contributed by atoms with Crippen LogP contribution in [-0.4, -0.2) is 36.5 Å². The van der Waals surface area contributed by atoms with Crippen molar-refractivity contribution in [1.29, 1.82) is 0 Å². The molecule has 38 heavy (non-hydrogen) atoms. The lowest BCUT2D eigenvalue weighted by Gasteiger charge is -2.30. The van der Waals surface area contributed by atoms with Crippen LogP contribution in [0.5, 0.6) is 23.0 Å². The van der Waals surface area contributed by atoms with Crippen molar-refractivity contribution >= 4 is 44.3 Å². The SMILES string of the molecule is COc1c(Cl)ccc2c(=O)c3c(O)c4c(c(OC)c3oc12)CC(OC)c1cc2cc(C)[nH]c(=O)c2c(O)c1-4. The molecule has 1 aliphatic rings. The van der Waals surface area contributed by atoms with Crippen molar-refractivity contribution in [3.8, 4) is 34.1 Å². The second-order valence-corrected chi connectivity index (χ2v) is 9.60. The summed E-state index contributed by atoms with van der Waals surface area (Å²) in [5, 5.41) is 23.9. The molecule has 2 aromatic heterocycles. The number of rotatable bonds is 3. The summed E-state index contributed by atoms with van der Waals surface area (Å²) in [7, 11) is 4.34. The van der Waals surface area contributed by atoms with Gasteiger partial charge in [0.2, 0.25) is 5.43 Å². The molecular weight excluding hydrogens is 514 g/mol. The number of halogens is 1. The average Bonchev–Trinajstić information content (AvgIpc) is 2.87. The topological polar surface area (TPSA) is 131 Å². The summed E-state index contributed by atoms with van der Waals surface area (Å²) >= 11 is 6.27. The summed E-state index contributed by atoms with van der Waals surface area (Å²) in [4.78, 5) is 29.3. The van der Waals surface area contributed by atoms with Crippen molar-refractivity contribution in [2.75, 3.05) is 21.3 Å². The van der Waals surface area contributed by atoms with Gasteiger partial charge in [0.25, 0.3) is 5.56 Å². The van der Waals surface area contributed by atoms with E-state index >= 15 is 0 Å². The Bertz CT molecular complexity index is 1960. The quantitative estimate of drug-likeness (QED) is 0.272. The van der Waals surface area contributed by atoms with Gasteiger partial charge in [-0.05, 0) is 42.1 Å². The van der Waals surface area contributed by atoms with Gasteiger partial charge in [-0.2, -0.15) is 0 Å². The Morgan fingerprint density at radius 2 is 1.68 bits per heavy atom. The smallest absolute Gasteiger partial charge is 0.259 e. The molecular formula is C28H22ClNO8. The number of aromatic nitrogens is 1. The van der Waals surface area contributed by atoms with Crippen LogP contribution in [0.15, 0.2) is 38.3 Å². The van der Waals surface area contributed by atoms with Gasteiger partial charge in [-0.1, -0.05) is 11.6 Å². The molecule has 0 aliphatic heterocycles. The van der Waals surface area contributed by atoms with Crippen LogP contribution in [0.1, 0.15) is 22.9 Å². The highest BCUT2D eigenvalue weighted by atomic mass is 35.5. The molecule has 3 aromatic carbocycles. The number of benzene rings is 3. The minimum Gasteiger partial charge on any atom is -0.506 e. The van der Waals surface area contributed by atoms with Crippen LogP contribution in [0, 0.1) is 6.92 Å². The standard InChI is InChI=1S/C28H22ClNO8/c1-10-7-11-8-13-16(35-2)9-14-19(18(13)22(32)17(11)28(34)30-10)23(33)20-21(31)12-5-6-15(29)26(37-4)25(12)38-27(20)24(14)36-3/h5-8,16,32-33H,9H2,1-4H3,(H,30,34). The number of pyridine rings is 1. The molecule has 3 N–H and O–H groups in total. The van der Waals surface area contributed by atoms with Crippen LogP contribution in [-0.2, 0) is 11.2 Å². The highest BCUT2D eigenvalue weighted by molar-refractivity contribution is 6.33. The first-order valence-corrected chi connectivity index (χ1v) is 12.1. The lowest BCUT2D eigenvalue weighted by atomic mass is 9.80. The number of fused-ring (bicyclic) bond motifs is 6. The highest BCUT2D eigenvalue weighted by Crippen LogP contribution is 2.55. The fraction of sp³-hybridized carbons (Fsp3) is 0.214. The van der Waals surface area contributed by atoms with Gasteiger partial charge in [0, 0.05) is 35.9 Å². The van der Waals surface area contributed by atoms with Crippen LogP contribution in [0.2, 0.25) is 5.02 Å². The molecule has 0 radical (unpaired) electrons. The first kappa shape index (κ1) is 24.1. The van der Waals surface area contributed by atoms with Gasteiger partial charge in [0.1, 0.15) is 16.9 Å². The van der Waals surface area contributed by atoms with Crippen molar-refractivity contribution in [3.63, 3.8) is 0 Å². The first-order valence-electron chi connectivity index (χ1n) is 11.7. The second kappa shape index (κ2) is 8.41. The maximum Gasteiger partial charge on any atom is 0.259 e. The third kappa shape index (κ3) is 3.09. The Hall–Kier alpha value is -4.21. The fourth-order valence-corrected chi connectivity index (χ4v) is 5.80. The van der Waals surface area contributed by atoms with Gasteiger partial charge in [-0.25, -0.2) is 0 Å². The van der Waals surface area contributed by atoms with E-state index in [0.29, 0.717) is 22.2 Å². The Balaban J connectivity index is 1.84. The number of hydrogen-bond acceptors (Lipinski definition) is 8. The summed E-state index contributed by atoms with van der Waals surface area (Å²) in [6.45, 7) is 1.75. The number of aromatic amines is 1. The fourth-order valence-electron chi connectivity index (χ4n) is 5.57. The van der Waals surface area contributed by atoms with Crippen molar-refractivity contribution in [1.82, 2.24) is 4.98 Å². The molecule has 0 spiro atoms. The summed E-state index contributed by atoms with van der Waals surface area (Å²) < 4.78 is 23.0.